The molecule has 0 bridgehead atoms. The van der Waals surface area contributed by atoms with Crippen LogP contribution in [-0.2, 0) is 13.1 Å². The topological polar surface area (TPSA) is 105 Å². The summed E-state index contributed by atoms with van der Waals surface area (Å²) >= 11 is 0. The van der Waals surface area contributed by atoms with Gasteiger partial charge in [-0.15, -0.1) is 0 Å². The monoisotopic (exact) mass is 230 g/mol. The van der Waals surface area contributed by atoms with Crippen molar-refractivity contribution in [3.63, 3.8) is 0 Å². The zero-order valence-electron chi connectivity index (χ0n) is 8.88. The van der Waals surface area contributed by atoms with Crippen molar-refractivity contribution in [2.24, 2.45) is 0 Å². The lowest BCUT2D eigenvalue weighted by atomic mass is 10.3. The average Bonchev–Trinajstić information content (AvgIpc) is 2.28. The van der Waals surface area contributed by atoms with Crippen molar-refractivity contribution in [3.8, 4) is 5.75 Å². The van der Waals surface area contributed by atoms with Crippen molar-refractivity contribution >= 4 is 0 Å². The van der Waals surface area contributed by atoms with Crippen LogP contribution in [0.3, 0.4) is 0 Å². The van der Waals surface area contributed by atoms with Crippen LogP contribution in [0.2, 0.25) is 0 Å². The number of aliphatic hydroxyl groups is 2. The van der Waals surface area contributed by atoms with E-state index in [2.05, 4.69) is 0 Å². The van der Waals surface area contributed by atoms with Crippen LogP contribution >= 0.6 is 0 Å². The Balaban J connectivity index is 3.53. The van der Waals surface area contributed by atoms with E-state index in [9.17, 15) is 14.7 Å². The molecule has 0 unspecified atom stereocenters. The number of aromatic hydroxyl groups is 1. The van der Waals surface area contributed by atoms with Crippen LogP contribution in [0, 0.1) is 6.92 Å². The van der Waals surface area contributed by atoms with E-state index in [1.165, 1.54) is 6.92 Å². The van der Waals surface area contributed by atoms with Crippen LogP contribution in [0.1, 0.15) is 5.69 Å². The molecule has 1 rings (SSSR count). The fourth-order valence-corrected chi connectivity index (χ4v) is 1.45. The van der Waals surface area contributed by atoms with E-state index in [1.54, 1.807) is 0 Å². The molecule has 0 aliphatic carbocycles. The zero-order valence-corrected chi connectivity index (χ0v) is 8.88. The second-order valence-electron chi connectivity index (χ2n) is 3.27. The maximum absolute atomic E-state index is 11.7. The zero-order chi connectivity index (χ0) is 12.3. The first-order valence-corrected chi connectivity index (χ1v) is 4.79. The lowest BCUT2D eigenvalue weighted by Crippen LogP contribution is -2.41. The molecule has 1 aromatic heterocycles. The molecule has 0 radical (unpaired) electrons. The molecule has 3 N–H and O–H groups in total. The Labute approximate surface area is 90.8 Å². The van der Waals surface area contributed by atoms with Gasteiger partial charge in [0.05, 0.1) is 32.0 Å². The van der Waals surface area contributed by atoms with Crippen molar-refractivity contribution in [2.75, 3.05) is 13.2 Å². The van der Waals surface area contributed by atoms with Crippen LogP contribution in [-0.4, -0.2) is 37.7 Å². The van der Waals surface area contributed by atoms with Crippen LogP contribution in [0.4, 0.5) is 0 Å². The van der Waals surface area contributed by atoms with Crippen LogP contribution in [0.25, 0.3) is 0 Å². The summed E-state index contributed by atoms with van der Waals surface area (Å²) in [7, 11) is 0. The van der Waals surface area contributed by atoms with E-state index >= 15 is 0 Å². The molecule has 90 valence electrons. The van der Waals surface area contributed by atoms with Crippen molar-refractivity contribution in [1.82, 2.24) is 9.13 Å². The largest absolute Gasteiger partial charge is 0.502 e. The van der Waals surface area contributed by atoms with Gasteiger partial charge in [-0.1, -0.05) is 0 Å². The molecule has 0 amide bonds. The van der Waals surface area contributed by atoms with E-state index in [0.717, 1.165) is 9.13 Å². The first-order chi connectivity index (χ1) is 7.54. The second-order valence-corrected chi connectivity index (χ2v) is 3.27. The minimum atomic E-state index is -0.828. The summed E-state index contributed by atoms with van der Waals surface area (Å²) in [6.45, 7) is 0.562. The molecule has 0 spiro atoms. The van der Waals surface area contributed by atoms with E-state index in [-0.39, 0.29) is 32.0 Å². The van der Waals surface area contributed by atoms with Gasteiger partial charge in [-0.25, -0.2) is 4.79 Å². The highest BCUT2D eigenvalue weighted by molar-refractivity contribution is 5.22. The normalized spacial score (nSPS) is 10.7. The van der Waals surface area contributed by atoms with Crippen molar-refractivity contribution in [2.45, 2.75) is 20.0 Å². The maximum atomic E-state index is 11.7. The second kappa shape index (κ2) is 4.95. The van der Waals surface area contributed by atoms with Gasteiger partial charge in [-0.2, -0.15) is 0 Å². The number of aromatic nitrogens is 2. The molecular formula is C9H14N2O5. The molecule has 16 heavy (non-hydrogen) atoms. The quantitative estimate of drug-likeness (QED) is 0.555. The Morgan fingerprint density at radius 1 is 1.06 bits per heavy atom. The predicted molar refractivity (Wildman–Crippen MR) is 55.5 cm³/mol. The van der Waals surface area contributed by atoms with Crippen LogP contribution in [0.15, 0.2) is 9.59 Å². The van der Waals surface area contributed by atoms with Crippen molar-refractivity contribution in [3.05, 3.63) is 26.5 Å². The highest BCUT2D eigenvalue weighted by Gasteiger charge is 2.14. The standard InChI is InChI=1S/C9H14N2O5/c1-6-7(14)8(15)11(3-5-13)9(16)10(6)2-4-12/h12-14H,2-5H2,1H3. The van der Waals surface area contributed by atoms with E-state index < -0.39 is 17.0 Å². The van der Waals surface area contributed by atoms with E-state index in [0.29, 0.717) is 0 Å². The summed E-state index contributed by atoms with van der Waals surface area (Å²) in [5, 5.41) is 27.0. The van der Waals surface area contributed by atoms with Gasteiger partial charge < -0.3 is 15.3 Å². The van der Waals surface area contributed by atoms with Gasteiger partial charge in [-0.3, -0.25) is 13.9 Å². The summed E-state index contributed by atoms with van der Waals surface area (Å²) in [5.74, 6) is -0.540. The molecule has 0 aliphatic heterocycles. The van der Waals surface area contributed by atoms with Crippen molar-refractivity contribution < 1.29 is 15.3 Å². The van der Waals surface area contributed by atoms with Crippen LogP contribution in [0.5, 0.6) is 5.75 Å². The third kappa shape index (κ3) is 2.00. The number of aliphatic hydroxyl groups excluding tert-OH is 2. The number of hydrogen-bond acceptors (Lipinski definition) is 5. The number of rotatable bonds is 4. The Kier molecular flexibility index (Phi) is 3.86. The molecule has 0 aromatic carbocycles. The minimum absolute atomic E-state index is 0.00998. The molecule has 1 aromatic rings. The summed E-state index contributed by atoms with van der Waals surface area (Å²) in [6.07, 6.45) is 0. The Morgan fingerprint density at radius 2 is 1.56 bits per heavy atom. The molecule has 7 heteroatoms. The molecular weight excluding hydrogens is 216 g/mol. The fraction of sp³-hybridized carbons (Fsp3) is 0.556. The number of nitrogens with zero attached hydrogens (tertiary/aromatic N) is 2. The van der Waals surface area contributed by atoms with E-state index in [4.69, 9.17) is 10.2 Å². The highest BCUT2D eigenvalue weighted by Crippen LogP contribution is 2.06. The maximum Gasteiger partial charge on any atom is 0.331 e. The predicted octanol–water partition coefficient (Wildman–Crippen LogP) is -1.99. The average molecular weight is 230 g/mol. The first-order valence-electron chi connectivity index (χ1n) is 4.79. The van der Waals surface area contributed by atoms with Gasteiger partial charge in [0.25, 0.3) is 5.56 Å². The SMILES string of the molecule is Cc1c(O)c(=O)n(CCO)c(=O)n1CCO. The number of hydrogen-bond donors (Lipinski definition) is 3. The molecule has 7 nitrogen and oxygen atoms in total. The summed E-state index contributed by atoms with van der Waals surface area (Å²) in [5.41, 5.74) is -1.37. The summed E-state index contributed by atoms with van der Waals surface area (Å²) in [6, 6.07) is 0. The Hall–Kier alpha value is -1.60. The third-order valence-electron chi connectivity index (χ3n) is 2.30. The fourth-order valence-electron chi connectivity index (χ4n) is 1.45. The van der Waals surface area contributed by atoms with Crippen molar-refractivity contribution in [1.29, 1.82) is 0 Å². The molecule has 0 saturated carbocycles. The van der Waals surface area contributed by atoms with Gasteiger partial charge in [0.1, 0.15) is 0 Å². The lowest BCUT2D eigenvalue weighted by molar-refractivity contribution is 0.255. The van der Waals surface area contributed by atoms with Gasteiger partial charge in [0, 0.05) is 0 Å². The van der Waals surface area contributed by atoms with Crippen LogP contribution < -0.4 is 11.2 Å². The van der Waals surface area contributed by atoms with E-state index in [1.807, 2.05) is 0 Å². The van der Waals surface area contributed by atoms with Gasteiger partial charge in [0.2, 0.25) is 5.75 Å². The molecule has 0 fully saturated rings. The molecule has 0 saturated heterocycles. The molecule has 0 aliphatic rings. The summed E-state index contributed by atoms with van der Waals surface area (Å²) < 4.78 is 1.82. The van der Waals surface area contributed by atoms with Gasteiger partial charge >= 0.3 is 5.69 Å². The Morgan fingerprint density at radius 3 is 2.06 bits per heavy atom. The van der Waals surface area contributed by atoms with Gasteiger partial charge in [-0.05, 0) is 6.92 Å². The third-order valence-corrected chi connectivity index (χ3v) is 2.30. The molecule has 0 atom stereocenters. The smallest absolute Gasteiger partial charge is 0.331 e. The highest BCUT2D eigenvalue weighted by atomic mass is 16.3. The summed E-state index contributed by atoms with van der Waals surface area (Å²) in [4.78, 5) is 23.2. The molecule has 1 heterocycles. The van der Waals surface area contributed by atoms with Gasteiger partial charge in [0.15, 0.2) is 0 Å². The first kappa shape index (κ1) is 12.5. The lowest BCUT2D eigenvalue weighted by Gasteiger charge is -2.12. The Bertz CT molecular complexity index is 488. The minimum Gasteiger partial charge on any atom is -0.502 e.